The van der Waals surface area contributed by atoms with Crippen LogP contribution in [0.15, 0.2) is 0 Å². The Morgan fingerprint density at radius 2 is 1.76 bits per heavy atom. The SMILES string of the molecule is C[C@@H]1CNCCN1CCC1CCNCC1.Cl.Cl. The lowest BCUT2D eigenvalue weighted by Crippen LogP contribution is -2.50. The first-order valence-electron chi connectivity index (χ1n) is 6.52. The Balaban J connectivity index is 0.00000128. The molecule has 0 spiro atoms. The molecule has 2 aliphatic heterocycles. The number of hydrogen-bond donors (Lipinski definition) is 2. The minimum Gasteiger partial charge on any atom is -0.317 e. The number of piperidine rings is 1. The number of nitrogens with zero attached hydrogens (tertiary/aromatic N) is 1. The van der Waals surface area contributed by atoms with Crippen molar-refractivity contribution in [2.75, 3.05) is 39.3 Å². The van der Waals surface area contributed by atoms with E-state index < -0.39 is 0 Å². The molecular weight excluding hydrogens is 257 g/mol. The summed E-state index contributed by atoms with van der Waals surface area (Å²) in [6.45, 7) is 9.72. The molecule has 0 radical (unpaired) electrons. The molecule has 0 amide bonds. The van der Waals surface area contributed by atoms with E-state index in [0.29, 0.717) is 0 Å². The third-order valence-electron chi connectivity index (χ3n) is 3.92. The average molecular weight is 284 g/mol. The number of nitrogens with one attached hydrogen (secondary N) is 2. The summed E-state index contributed by atoms with van der Waals surface area (Å²) in [7, 11) is 0. The first-order chi connectivity index (χ1) is 7.36. The van der Waals surface area contributed by atoms with Gasteiger partial charge in [0.1, 0.15) is 0 Å². The Morgan fingerprint density at radius 3 is 2.41 bits per heavy atom. The molecular formula is C12H27Cl2N3. The van der Waals surface area contributed by atoms with E-state index in [0.717, 1.165) is 12.0 Å². The van der Waals surface area contributed by atoms with Gasteiger partial charge < -0.3 is 10.6 Å². The standard InChI is InChI=1S/C12H25N3.2ClH/c1-11-10-14-7-9-15(11)8-4-12-2-5-13-6-3-12;;/h11-14H,2-10H2,1H3;2*1H/t11-;;/m1../s1. The molecule has 17 heavy (non-hydrogen) atoms. The Labute approximate surface area is 118 Å². The maximum Gasteiger partial charge on any atom is 0.0192 e. The van der Waals surface area contributed by atoms with E-state index in [1.807, 2.05) is 0 Å². The van der Waals surface area contributed by atoms with Crippen molar-refractivity contribution in [3.63, 3.8) is 0 Å². The molecule has 2 saturated heterocycles. The zero-order chi connectivity index (χ0) is 10.5. The van der Waals surface area contributed by atoms with Crippen molar-refractivity contribution < 1.29 is 0 Å². The van der Waals surface area contributed by atoms with E-state index in [-0.39, 0.29) is 24.8 Å². The predicted octanol–water partition coefficient (Wildman–Crippen LogP) is 1.51. The minimum atomic E-state index is 0. The van der Waals surface area contributed by atoms with E-state index in [2.05, 4.69) is 22.5 Å². The molecule has 0 aromatic heterocycles. The Hall–Kier alpha value is 0.460. The van der Waals surface area contributed by atoms with Crippen molar-refractivity contribution in [3.05, 3.63) is 0 Å². The first kappa shape index (κ1) is 17.5. The van der Waals surface area contributed by atoms with Crippen molar-refractivity contribution in [2.45, 2.75) is 32.2 Å². The minimum absolute atomic E-state index is 0. The van der Waals surface area contributed by atoms with Crippen LogP contribution in [0.5, 0.6) is 0 Å². The monoisotopic (exact) mass is 283 g/mol. The second-order valence-electron chi connectivity index (χ2n) is 5.07. The van der Waals surface area contributed by atoms with Gasteiger partial charge in [-0.1, -0.05) is 0 Å². The third-order valence-corrected chi connectivity index (χ3v) is 3.92. The highest BCUT2D eigenvalue weighted by atomic mass is 35.5. The topological polar surface area (TPSA) is 27.3 Å². The van der Waals surface area contributed by atoms with E-state index in [9.17, 15) is 0 Å². The maximum absolute atomic E-state index is 3.45. The van der Waals surface area contributed by atoms with Crippen LogP contribution in [-0.4, -0.2) is 50.2 Å². The molecule has 2 N–H and O–H groups in total. The fourth-order valence-electron chi connectivity index (χ4n) is 2.73. The molecule has 0 aromatic carbocycles. The molecule has 2 fully saturated rings. The second-order valence-corrected chi connectivity index (χ2v) is 5.07. The fourth-order valence-corrected chi connectivity index (χ4v) is 2.73. The molecule has 3 nitrogen and oxygen atoms in total. The van der Waals surface area contributed by atoms with Crippen molar-refractivity contribution in [3.8, 4) is 0 Å². The van der Waals surface area contributed by atoms with Gasteiger partial charge in [0.05, 0.1) is 0 Å². The summed E-state index contributed by atoms with van der Waals surface area (Å²) >= 11 is 0. The van der Waals surface area contributed by atoms with Crippen LogP contribution in [0, 0.1) is 5.92 Å². The van der Waals surface area contributed by atoms with Crippen molar-refractivity contribution in [1.82, 2.24) is 15.5 Å². The summed E-state index contributed by atoms with van der Waals surface area (Å²) in [6.07, 6.45) is 4.19. The van der Waals surface area contributed by atoms with Crippen LogP contribution in [0.1, 0.15) is 26.2 Å². The van der Waals surface area contributed by atoms with Gasteiger partial charge in [-0.05, 0) is 51.7 Å². The number of hydrogen-bond acceptors (Lipinski definition) is 3. The van der Waals surface area contributed by atoms with Gasteiger partial charge in [0.25, 0.3) is 0 Å². The normalized spacial score (nSPS) is 27.0. The lowest BCUT2D eigenvalue weighted by molar-refractivity contribution is 0.157. The van der Waals surface area contributed by atoms with Crippen LogP contribution >= 0.6 is 24.8 Å². The number of rotatable bonds is 3. The summed E-state index contributed by atoms with van der Waals surface area (Å²) in [4.78, 5) is 2.65. The van der Waals surface area contributed by atoms with Gasteiger partial charge in [-0.3, -0.25) is 4.90 Å². The van der Waals surface area contributed by atoms with E-state index >= 15 is 0 Å². The Morgan fingerprint density at radius 1 is 1.06 bits per heavy atom. The van der Waals surface area contributed by atoms with Crippen LogP contribution < -0.4 is 10.6 Å². The van der Waals surface area contributed by atoms with Gasteiger partial charge in [-0.2, -0.15) is 0 Å². The third kappa shape index (κ3) is 5.75. The summed E-state index contributed by atoms with van der Waals surface area (Å²) in [6, 6.07) is 0.737. The second kappa shape index (κ2) is 9.40. The lowest BCUT2D eigenvalue weighted by Gasteiger charge is -2.35. The molecule has 0 bridgehead atoms. The van der Waals surface area contributed by atoms with Crippen LogP contribution in [0.25, 0.3) is 0 Å². The molecule has 1 atom stereocenters. The summed E-state index contributed by atoms with van der Waals surface area (Å²) in [5, 5.41) is 6.89. The molecule has 0 aromatic rings. The molecule has 0 saturated carbocycles. The van der Waals surface area contributed by atoms with Gasteiger partial charge >= 0.3 is 0 Å². The van der Waals surface area contributed by atoms with Crippen LogP contribution in [-0.2, 0) is 0 Å². The lowest BCUT2D eigenvalue weighted by atomic mass is 9.94. The molecule has 0 unspecified atom stereocenters. The highest BCUT2D eigenvalue weighted by Crippen LogP contribution is 2.17. The van der Waals surface area contributed by atoms with Crippen LogP contribution in [0.3, 0.4) is 0 Å². The van der Waals surface area contributed by atoms with Gasteiger partial charge in [-0.25, -0.2) is 0 Å². The fraction of sp³-hybridized carbons (Fsp3) is 1.00. The molecule has 2 heterocycles. The smallest absolute Gasteiger partial charge is 0.0192 e. The zero-order valence-corrected chi connectivity index (χ0v) is 12.4. The zero-order valence-electron chi connectivity index (χ0n) is 10.8. The number of halogens is 2. The van der Waals surface area contributed by atoms with Gasteiger partial charge in [-0.15, -0.1) is 24.8 Å². The van der Waals surface area contributed by atoms with Crippen molar-refractivity contribution in [2.24, 2.45) is 5.92 Å². The molecule has 2 aliphatic rings. The van der Waals surface area contributed by atoms with Gasteiger partial charge in [0.2, 0.25) is 0 Å². The quantitative estimate of drug-likeness (QED) is 0.823. The van der Waals surface area contributed by atoms with E-state index in [1.54, 1.807) is 0 Å². The Kier molecular flexibility index (Phi) is 9.65. The van der Waals surface area contributed by atoms with Crippen molar-refractivity contribution in [1.29, 1.82) is 0 Å². The number of piperazine rings is 1. The molecule has 2 rings (SSSR count). The van der Waals surface area contributed by atoms with E-state index in [4.69, 9.17) is 0 Å². The highest BCUT2D eigenvalue weighted by molar-refractivity contribution is 5.85. The molecule has 104 valence electrons. The van der Waals surface area contributed by atoms with Crippen molar-refractivity contribution >= 4 is 24.8 Å². The average Bonchev–Trinajstić information content (AvgIpc) is 2.29. The first-order valence-corrected chi connectivity index (χ1v) is 6.52. The summed E-state index contributed by atoms with van der Waals surface area (Å²) < 4.78 is 0. The highest BCUT2D eigenvalue weighted by Gasteiger charge is 2.19. The largest absolute Gasteiger partial charge is 0.317 e. The van der Waals surface area contributed by atoms with Gasteiger partial charge in [0.15, 0.2) is 0 Å². The van der Waals surface area contributed by atoms with Crippen LogP contribution in [0.4, 0.5) is 0 Å². The maximum atomic E-state index is 3.45. The van der Waals surface area contributed by atoms with Gasteiger partial charge in [0, 0.05) is 25.7 Å². The molecule has 0 aliphatic carbocycles. The van der Waals surface area contributed by atoms with Crippen LogP contribution in [0.2, 0.25) is 0 Å². The van der Waals surface area contributed by atoms with E-state index in [1.165, 1.54) is 58.5 Å². The molecule has 5 heteroatoms. The summed E-state index contributed by atoms with van der Waals surface area (Å²) in [5.74, 6) is 0.980. The summed E-state index contributed by atoms with van der Waals surface area (Å²) in [5.41, 5.74) is 0. The predicted molar refractivity (Wildman–Crippen MR) is 78.6 cm³/mol. The Bertz CT molecular complexity index is 187.